The summed E-state index contributed by atoms with van der Waals surface area (Å²) in [7, 11) is 0. The van der Waals surface area contributed by atoms with Crippen molar-refractivity contribution < 1.29 is 28.8 Å². The third-order valence-electron chi connectivity index (χ3n) is 8.46. The van der Waals surface area contributed by atoms with Crippen molar-refractivity contribution in [1.29, 1.82) is 0 Å². The van der Waals surface area contributed by atoms with Crippen LogP contribution in [0.2, 0.25) is 0 Å². The molecular formula is C33H51N9O6. The van der Waals surface area contributed by atoms with Gasteiger partial charge in [0.05, 0.1) is 40.0 Å². The van der Waals surface area contributed by atoms with E-state index in [2.05, 4.69) is 34.4 Å². The van der Waals surface area contributed by atoms with Crippen LogP contribution in [0.5, 0.6) is 0 Å². The first-order valence-electron chi connectivity index (χ1n) is 16.9. The predicted octanol–water partition coefficient (Wildman–Crippen LogP) is -0.438. The molecule has 15 nitrogen and oxygen atoms in total. The summed E-state index contributed by atoms with van der Waals surface area (Å²) in [6, 6.07) is 0. The molecule has 0 aromatic heterocycles. The number of rotatable bonds is 12. The smallest absolute Gasteiger partial charge is 0.248 e. The molecule has 5 aliphatic heterocycles. The van der Waals surface area contributed by atoms with E-state index < -0.39 is 0 Å². The van der Waals surface area contributed by atoms with Crippen molar-refractivity contribution in [2.75, 3.05) is 98.9 Å². The van der Waals surface area contributed by atoms with E-state index in [1.54, 1.807) is 14.7 Å². The summed E-state index contributed by atoms with van der Waals surface area (Å²) < 4.78 is 0. The van der Waals surface area contributed by atoms with E-state index in [1.165, 1.54) is 34.0 Å². The third kappa shape index (κ3) is 12.5. The van der Waals surface area contributed by atoms with Crippen molar-refractivity contribution in [1.82, 2.24) is 44.1 Å². The molecule has 48 heavy (non-hydrogen) atoms. The van der Waals surface area contributed by atoms with Crippen LogP contribution >= 0.6 is 0 Å². The zero-order valence-corrected chi connectivity index (χ0v) is 28.2. The van der Waals surface area contributed by atoms with Crippen molar-refractivity contribution >= 4 is 35.4 Å². The lowest BCUT2D eigenvalue weighted by Crippen LogP contribution is -2.59. The molecule has 0 radical (unpaired) electrons. The molecule has 264 valence electrons. The fourth-order valence-corrected chi connectivity index (χ4v) is 4.90. The molecule has 1 saturated carbocycles. The topological polar surface area (TPSA) is 131 Å². The molecule has 6 fully saturated rings. The number of hydrogen-bond donors (Lipinski definition) is 0. The Morgan fingerprint density at radius 2 is 0.625 bits per heavy atom. The zero-order chi connectivity index (χ0) is 34.6. The van der Waals surface area contributed by atoms with E-state index in [0.29, 0.717) is 39.3 Å². The monoisotopic (exact) mass is 669 g/mol. The van der Waals surface area contributed by atoms with Gasteiger partial charge in [-0.15, -0.1) is 0 Å². The van der Waals surface area contributed by atoms with Crippen LogP contribution in [0.25, 0.3) is 0 Å². The highest BCUT2D eigenvalue weighted by molar-refractivity contribution is 5.92. The van der Waals surface area contributed by atoms with Gasteiger partial charge in [-0.1, -0.05) is 39.0 Å². The summed E-state index contributed by atoms with van der Waals surface area (Å²) >= 11 is 0. The molecule has 0 N–H and O–H groups in total. The van der Waals surface area contributed by atoms with Crippen LogP contribution in [0, 0.1) is 0 Å². The Kier molecular flexibility index (Phi) is 13.7. The van der Waals surface area contributed by atoms with E-state index in [-0.39, 0.29) is 55.4 Å². The lowest BCUT2D eigenvalue weighted by Gasteiger charge is -2.42. The highest BCUT2D eigenvalue weighted by atomic mass is 16.2. The van der Waals surface area contributed by atoms with Gasteiger partial charge in [0.1, 0.15) is 0 Å². The number of carbonyl (C=O) groups excluding carboxylic acids is 6. The van der Waals surface area contributed by atoms with Crippen molar-refractivity contribution in [3.8, 4) is 0 Å². The molecule has 5 saturated heterocycles. The van der Waals surface area contributed by atoms with E-state index in [4.69, 9.17) is 0 Å². The van der Waals surface area contributed by atoms with Crippen LogP contribution in [0.3, 0.4) is 0 Å². The molecule has 6 rings (SSSR count). The maximum Gasteiger partial charge on any atom is 0.248 e. The van der Waals surface area contributed by atoms with Crippen molar-refractivity contribution in [3.05, 3.63) is 38.0 Å². The Morgan fingerprint density at radius 3 is 0.812 bits per heavy atom. The van der Waals surface area contributed by atoms with Gasteiger partial charge in [-0.05, 0) is 18.2 Å². The molecule has 0 aromatic rings. The molecule has 1 aliphatic carbocycles. The Hall–Kier alpha value is -4.08. The normalized spacial score (nSPS) is 20.0. The highest BCUT2D eigenvalue weighted by Crippen LogP contribution is 2.16. The lowest BCUT2D eigenvalue weighted by atomic mass is 10.3. The van der Waals surface area contributed by atoms with Crippen LogP contribution < -0.4 is 0 Å². The van der Waals surface area contributed by atoms with Crippen molar-refractivity contribution in [2.45, 2.75) is 38.5 Å². The van der Waals surface area contributed by atoms with Crippen LogP contribution in [-0.4, -0.2) is 178 Å². The maximum absolute atomic E-state index is 12.6. The largest absolute Gasteiger partial charge is 0.307 e. The predicted molar refractivity (Wildman–Crippen MR) is 178 cm³/mol. The van der Waals surface area contributed by atoms with Gasteiger partial charge in [0, 0.05) is 78.2 Å². The van der Waals surface area contributed by atoms with Crippen LogP contribution in [0.1, 0.15) is 38.5 Å². The minimum atomic E-state index is -0.349. The van der Waals surface area contributed by atoms with Gasteiger partial charge in [-0.3, -0.25) is 28.8 Å². The van der Waals surface area contributed by atoms with Gasteiger partial charge in [0.25, 0.3) is 0 Å². The van der Waals surface area contributed by atoms with Gasteiger partial charge in [-0.25, -0.2) is 0 Å². The van der Waals surface area contributed by atoms with E-state index in [9.17, 15) is 28.8 Å². The van der Waals surface area contributed by atoms with Crippen LogP contribution in [-0.2, 0) is 28.8 Å². The number of hydrogen-bond acceptors (Lipinski definition) is 9. The minimum absolute atomic E-state index is 0.0223. The molecule has 0 bridgehead atoms. The quantitative estimate of drug-likeness (QED) is 0.201. The number of amides is 6. The highest BCUT2D eigenvalue weighted by Gasteiger charge is 2.33. The first-order valence-corrected chi connectivity index (χ1v) is 16.9. The fraction of sp³-hybridized carbons (Fsp3) is 0.636. The summed E-state index contributed by atoms with van der Waals surface area (Å²) in [5.74, 6) is -0.979. The average Bonchev–Trinajstić information content (AvgIpc) is 3.94. The molecule has 15 heteroatoms. The van der Waals surface area contributed by atoms with E-state index in [0.717, 1.165) is 77.1 Å². The Labute approximate surface area is 283 Å². The summed E-state index contributed by atoms with van der Waals surface area (Å²) in [5.41, 5.74) is 0. The van der Waals surface area contributed by atoms with Crippen LogP contribution in [0.15, 0.2) is 38.0 Å². The average molecular weight is 670 g/mol. The summed E-state index contributed by atoms with van der Waals surface area (Å²) in [4.78, 5) is 88.2. The molecule has 0 aromatic carbocycles. The first-order chi connectivity index (χ1) is 23.1. The van der Waals surface area contributed by atoms with E-state index in [1.807, 2.05) is 0 Å². The second kappa shape index (κ2) is 17.9. The fourth-order valence-electron chi connectivity index (χ4n) is 4.90. The van der Waals surface area contributed by atoms with E-state index >= 15 is 0 Å². The minimum Gasteiger partial charge on any atom is -0.307 e. The molecule has 5 heterocycles. The number of nitrogens with zero attached hydrogens (tertiary/aromatic N) is 9. The van der Waals surface area contributed by atoms with Gasteiger partial charge in [0.2, 0.25) is 35.4 Å². The van der Waals surface area contributed by atoms with Gasteiger partial charge >= 0.3 is 0 Å². The molecule has 6 amide bonds. The summed E-state index contributed by atoms with van der Waals surface area (Å²) in [5, 5.41) is 0. The maximum atomic E-state index is 12.6. The van der Waals surface area contributed by atoms with Crippen molar-refractivity contribution in [2.24, 2.45) is 0 Å². The second-order valence-electron chi connectivity index (χ2n) is 12.7. The SMILES string of the molecule is C1CC1.C=CC(=O)N1CN(C(=O)C=C)CN(C(=O)C=C)C1.O=C(CCN1CC1)N1CN(C(=O)CCN2CC2)CN(C(=O)CCN2CC2)C1. The van der Waals surface area contributed by atoms with Gasteiger partial charge < -0.3 is 44.1 Å². The van der Waals surface area contributed by atoms with Crippen LogP contribution in [0.4, 0.5) is 0 Å². The summed E-state index contributed by atoms with van der Waals surface area (Å²) in [6.07, 6.45) is 9.26. The van der Waals surface area contributed by atoms with Gasteiger partial charge in [-0.2, -0.15) is 0 Å². The van der Waals surface area contributed by atoms with Gasteiger partial charge in [0.15, 0.2) is 0 Å². The standard InChI is InChI=1S/C18H30N6O3.C12H15N3O3.C3H6/c25-16(1-4-19-7-8-19)22-13-23(17(26)2-5-20-9-10-20)15-24(14-22)18(27)3-6-21-11-12-21;1-4-10(16)13-7-14(11(17)5-2)9-15(8-13)12(18)6-3;1-2-3-1/h1-15H2;4-6H,1-3,7-9H2;1-3H2. The lowest BCUT2D eigenvalue weighted by molar-refractivity contribution is -0.159. The molecule has 0 spiro atoms. The Morgan fingerprint density at radius 1 is 0.396 bits per heavy atom. The molecular weight excluding hydrogens is 618 g/mol. The Bertz CT molecular complexity index is 1070. The molecule has 0 atom stereocenters. The molecule has 0 unspecified atom stereocenters. The second-order valence-corrected chi connectivity index (χ2v) is 12.7. The number of carbonyl (C=O) groups is 6. The Balaban J connectivity index is 0.000000214. The summed E-state index contributed by atoms with van der Waals surface area (Å²) in [6.45, 7) is 20.0. The third-order valence-corrected chi connectivity index (χ3v) is 8.46. The van der Waals surface area contributed by atoms with Crippen molar-refractivity contribution in [3.63, 3.8) is 0 Å². The first kappa shape index (κ1) is 36.8. The zero-order valence-electron chi connectivity index (χ0n) is 28.2. The molecule has 6 aliphatic rings.